The molecule has 152 valence electrons. The van der Waals surface area contributed by atoms with Gasteiger partial charge in [-0.3, -0.25) is 0 Å². The van der Waals surface area contributed by atoms with Crippen LogP contribution in [-0.2, 0) is 0 Å². The number of nitrogens with zero attached hydrogens (tertiary/aromatic N) is 1. The molecule has 0 saturated carbocycles. The fourth-order valence-corrected chi connectivity index (χ4v) is 3.26. The largest absolute Gasteiger partial charge is 1.00 e. The summed E-state index contributed by atoms with van der Waals surface area (Å²) in [6.07, 6.45) is 15.0. The zero-order valence-corrected chi connectivity index (χ0v) is 21.0. The van der Waals surface area contributed by atoms with E-state index in [9.17, 15) is 0 Å². The van der Waals surface area contributed by atoms with Crippen molar-refractivity contribution >= 4 is 21.6 Å². The maximum absolute atomic E-state index is 2.70. The number of unbranched alkanes of at least 4 members (excludes halogenated alkanes) is 5. The molecular formula is C20H48BrClNP. The highest BCUT2D eigenvalue weighted by molar-refractivity contribution is 7.16. The molecule has 0 heterocycles. The smallest absolute Gasteiger partial charge is 0.0786 e. The maximum atomic E-state index is 2.70. The van der Waals surface area contributed by atoms with Gasteiger partial charge in [-0.25, -0.2) is 0 Å². The normalized spacial score (nSPS) is 10.2. The second-order valence-electron chi connectivity index (χ2n) is 6.79. The second kappa shape index (κ2) is 26.4. The summed E-state index contributed by atoms with van der Waals surface area (Å²) in [5, 5.41) is 0. The van der Waals surface area contributed by atoms with Crippen molar-refractivity contribution in [1.29, 1.82) is 0 Å². The molecule has 0 spiro atoms. The first-order valence-corrected chi connectivity index (χ1v) is 11.0. The molecule has 0 bridgehead atoms. The van der Waals surface area contributed by atoms with Crippen LogP contribution in [0.1, 0.15) is 98.8 Å². The average molecular weight is 449 g/mol. The highest BCUT2D eigenvalue weighted by atomic mass is 79.9. The molecule has 1 unspecified atom stereocenters. The number of hydrogen-bond donors (Lipinski definition) is 0. The summed E-state index contributed by atoms with van der Waals surface area (Å²) >= 11 is 0. The molecule has 0 rings (SSSR count). The van der Waals surface area contributed by atoms with Gasteiger partial charge in [-0.2, -0.15) is 0 Å². The fraction of sp³-hybridized carbons (Fsp3) is 1.00. The van der Waals surface area contributed by atoms with E-state index in [1.807, 2.05) is 0 Å². The molecule has 0 aliphatic heterocycles. The first-order valence-electron chi connectivity index (χ1n) is 10.2. The topological polar surface area (TPSA) is 0 Å². The van der Waals surface area contributed by atoms with E-state index in [4.69, 9.17) is 0 Å². The Morgan fingerprint density at radius 2 is 0.792 bits per heavy atom. The average Bonchev–Trinajstić information content (AvgIpc) is 2.55. The Hall–Kier alpha value is 1.16. The highest BCUT2D eigenvalue weighted by Gasteiger charge is 2.24. The van der Waals surface area contributed by atoms with E-state index in [2.05, 4.69) is 43.9 Å². The predicted octanol–water partition coefficient (Wildman–Crippen LogP) is 4.09. The van der Waals surface area contributed by atoms with E-state index >= 15 is 0 Å². The lowest BCUT2D eigenvalue weighted by Crippen LogP contribution is -3.00. The van der Waals surface area contributed by atoms with Gasteiger partial charge in [-0.1, -0.05) is 73.1 Å². The summed E-state index contributed by atoms with van der Waals surface area (Å²) in [5.74, 6) is 0. The first-order chi connectivity index (χ1) is 10.7. The summed E-state index contributed by atoms with van der Waals surface area (Å²) in [6.45, 7) is 17.2. The lowest BCUT2D eigenvalue weighted by molar-refractivity contribution is -0.929. The molecule has 0 radical (unpaired) electrons. The van der Waals surface area contributed by atoms with Crippen molar-refractivity contribution in [2.45, 2.75) is 98.8 Å². The maximum Gasteiger partial charge on any atom is 0.0786 e. The van der Waals surface area contributed by atoms with Crippen molar-refractivity contribution < 1.29 is 21.5 Å². The summed E-state index contributed by atoms with van der Waals surface area (Å²) in [6, 6.07) is 0. The van der Waals surface area contributed by atoms with Crippen LogP contribution in [0.5, 0.6) is 0 Å². The van der Waals surface area contributed by atoms with E-state index in [1.165, 1.54) is 101 Å². The van der Waals surface area contributed by atoms with Crippen molar-refractivity contribution in [1.82, 2.24) is 0 Å². The van der Waals surface area contributed by atoms with Crippen LogP contribution in [0.3, 0.4) is 0 Å². The van der Waals surface area contributed by atoms with Crippen molar-refractivity contribution in [3.63, 3.8) is 0 Å². The molecule has 0 aromatic carbocycles. The van der Waals surface area contributed by atoms with Crippen LogP contribution in [-0.4, -0.2) is 36.8 Å². The van der Waals surface area contributed by atoms with Gasteiger partial charge in [0.1, 0.15) is 0 Å². The quantitative estimate of drug-likeness (QED) is 0.277. The monoisotopic (exact) mass is 447 g/mol. The number of quaternary nitrogens is 1. The van der Waals surface area contributed by atoms with Crippen LogP contribution in [0.15, 0.2) is 0 Å². The van der Waals surface area contributed by atoms with E-state index in [-0.39, 0.29) is 29.4 Å². The van der Waals surface area contributed by atoms with Crippen LogP contribution >= 0.6 is 21.6 Å². The molecule has 0 aromatic rings. The van der Waals surface area contributed by atoms with Gasteiger partial charge < -0.3 is 21.5 Å². The van der Waals surface area contributed by atoms with Gasteiger partial charge in [0, 0.05) is 0 Å². The molecular weight excluding hydrogens is 401 g/mol. The molecule has 24 heavy (non-hydrogen) atoms. The Kier molecular flexibility index (Phi) is 36.1. The van der Waals surface area contributed by atoms with Crippen molar-refractivity contribution in [3.8, 4) is 0 Å². The van der Waals surface area contributed by atoms with Crippen molar-refractivity contribution in [2.24, 2.45) is 0 Å². The molecule has 4 heteroatoms. The predicted molar refractivity (Wildman–Crippen MR) is 116 cm³/mol. The van der Waals surface area contributed by atoms with E-state index in [1.54, 1.807) is 0 Å². The van der Waals surface area contributed by atoms with Crippen molar-refractivity contribution in [2.75, 3.05) is 32.3 Å². The summed E-state index contributed by atoms with van der Waals surface area (Å²) in [5.41, 5.74) is 0. The minimum atomic E-state index is 0. The Morgan fingerprint density at radius 1 is 0.542 bits per heavy atom. The number of hydrogen-bond acceptors (Lipinski definition) is 0. The molecule has 1 nitrogen and oxygen atoms in total. The Morgan fingerprint density at radius 3 is 0.917 bits per heavy atom. The Balaban J connectivity index is -0.000000250. The molecule has 0 fully saturated rings. The lowest BCUT2D eigenvalue weighted by atomic mass is 10.1. The van der Waals surface area contributed by atoms with Crippen molar-refractivity contribution in [3.05, 3.63) is 0 Å². The summed E-state index contributed by atoms with van der Waals surface area (Å²) in [7, 11) is 2.70. The van der Waals surface area contributed by atoms with Crippen LogP contribution in [0.4, 0.5) is 0 Å². The molecule has 0 aliphatic carbocycles. The Bertz CT molecular complexity index is 167. The summed E-state index contributed by atoms with van der Waals surface area (Å²) < 4.78 is 1.42. The second-order valence-corrected chi connectivity index (χ2v) is 7.37. The van der Waals surface area contributed by atoms with Gasteiger partial charge in [-0.15, -0.1) is 21.6 Å². The van der Waals surface area contributed by atoms with E-state index in [0.29, 0.717) is 0 Å². The standard InChI is InChI=1S/C16H36N.C4H11P.BrH.ClH/c1-5-9-13-17(14-10-6-2,15-11-7-3)16-12-8-4;1-2-3-4-5;;/h5-16H2,1-4H3;2-5H2,1H3;2*1H/q+1;;;/p-1. The van der Waals surface area contributed by atoms with Crippen LogP contribution in [0.2, 0.25) is 0 Å². The molecule has 0 aromatic heterocycles. The van der Waals surface area contributed by atoms with Crippen LogP contribution in [0, 0.1) is 0 Å². The minimum absolute atomic E-state index is 0. The summed E-state index contributed by atoms with van der Waals surface area (Å²) in [4.78, 5) is 0. The van der Waals surface area contributed by atoms with Gasteiger partial charge in [0.15, 0.2) is 0 Å². The van der Waals surface area contributed by atoms with Gasteiger partial charge in [-0.05, 0) is 31.8 Å². The first kappa shape index (κ1) is 32.8. The van der Waals surface area contributed by atoms with Crippen LogP contribution < -0.4 is 17.0 Å². The van der Waals surface area contributed by atoms with Gasteiger partial charge in [0.25, 0.3) is 0 Å². The number of halogens is 2. The number of rotatable bonds is 14. The third-order valence-corrected chi connectivity index (χ3v) is 4.91. The fourth-order valence-electron chi connectivity index (χ4n) is 2.85. The van der Waals surface area contributed by atoms with E-state index in [0.717, 1.165) is 0 Å². The highest BCUT2D eigenvalue weighted by Crippen LogP contribution is 2.16. The van der Waals surface area contributed by atoms with Crippen LogP contribution in [0.25, 0.3) is 0 Å². The SMILES string of the molecule is CCCCP.CCCC[N+](CCCC)(CCCC)CCCC.Cl.[Br-]. The zero-order chi connectivity index (χ0) is 17.1. The molecule has 0 aliphatic rings. The molecule has 0 amide bonds. The molecule has 1 atom stereocenters. The van der Waals surface area contributed by atoms with E-state index < -0.39 is 0 Å². The molecule has 0 N–H and O–H groups in total. The lowest BCUT2D eigenvalue weighted by Gasteiger charge is -2.39. The van der Waals surface area contributed by atoms with Gasteiger partial charge in [0.2, 0.25) is 0 Å². The minimum Gasteiger partial charge on any atom is -1.00 e. The zero-order valence-electron chi connectivity index (χ0n) is 17.4. The third kappa shape index (κ3) is 21.2. The molecule has 0 saturated heterocycles. The Labute approximate surface area is 174 Å². The third-order valence-electron chi connectivity index (χ3n) is 4.50. The van der Waals surface area contributed by atoms with Gasteiger partial charge >= 0.3 is 0 Å². The van der Waals surface area contributed by atoms with Gasteiger partial charge in [0.05, 0.1) is 26.2 Å².